The van der Waals surface area contributed by atoms with E-state index < -0.39 is 6.04 Å². The Hall–Kier alpha value is -1.32. The maximum absolute atomic E-state index is 10.4. The molecule has 4 nitrogen and oxygen atoms in total. The highest BCUT2D eigenvalue weighted by molar-refractivity contribution is 4.99. The van der Waals surface area contributed by atoms with Crippen LogP contribution in [0.1, 0.15) is 19.1 Å². The summed E-state index contributed by atoms with van der Waals surface area (Å²) < 4.78 is 5.01. The molecule has 4 heteroatoms. The van der Waals surface area contributed by atoms with Gasteiger partial charge in [0.1, 0.15) is 5.76 Å². The third-order valence-corrected chi connectivity index (χ3v) is 1.79. The summed E-state index contributed by atoms with van der Waals surface area (Å²) in [6, 6.07) is 2.98. The van der Waals surface area contributed by atoms with Crippen LogP contribution in [-0.2, 0) is 6.42 Å². The lowest BCUT2D eigenvalue weighted by Crippen LogP contribution is -2.20. The first-order valence-electron chi connectivity index (χ1n) is 3.90. The molecule has 12 heavy (non-hydrogen) atoms. The number of furan rings is 1. The Balaban J connectivity index is 2.54. The highest BCUT2D eigenvalue weighted by Gasteiger charge is 2.18. The molecule has 0 N–H and O–H groups in total. The van der Waals surface area contributed by atoms with Gasteiger partial charge in [-0.2, -0.15) is 0 Å². The van der Waals surface area contributed by atoms with Gasteiger partial charge in [0.15, 0.2) is 0 Å². The van der Waals surface area contributed by atoms with Crippen molar-refractivity contribution in [2.45, 2.75) is 25.8 Å². The Morgan fingerprint density at radius 1 is 1.75 bits per heavy atom. The van der Waals surface area contributed by atoms with Crippen molar-refractivity contribution in [3.63, 3.8) is 0 Å². The molecule has 0 aromatic carbocycles. The third-order valence-electron chi connectivity index (χ3n) is 1.79. The molecule has 0 amide bonds. The molecular formula is C8H11NO3. The summed E-state index contributed by atoms with van der Waals surface area (Å²) in [5.74, 6) is 0.679. The van der Waals surface area contributed by atoms with Crippen LogP contribution < -0.4 is 0 Å². The van der Waals surface area contributed by atoms with Crippen molar-refractivity contribution in [3.05, 3.63) is 34.3 Å². The lowest BCUT2D eigenvalue weighted by Gasteiger charge is -2.03. The first kappa shape index (κ1) is 8.77. The number of hydrogen-bond donors (Lipinski definition) is 0. The van der Waals surface area contributed by atoms with Gasteiger partial charge in [0.2, 0.25) is 6.04 Å². The Kier molecular flexibility index (Phi) is 2.85. The summed E-state index contributed by atoms with van der Waals surface area (Å²) in [6.07, 6.45) is 2.45. The minimum Gasteiger partial charge on any atom is -0.469 e. The normalized spacial score (nSPS) is 12.8. The van der Waals surface area contributed by atoms with Crippen molar-refractivity contribution in [1.82, 2.24) is 0 Å². The molecule has 1 heterocycles. The average molecular weight is 169 g/mol. The van der Waals surface area contributed by atoms with E-state index in [1.165, 1.54) is 6.26 Å². The second-order valence-electron chi connectivity index (χ2n) is 2.63. The molecule has 1 aromatic heterocycles. The van der Waals surface area contributed by atoms with Gasteiger partial charge < -0.3 is 4.42 Å². The van der Waals surface area contributed by atoms with Crippen LogP contribution in [0, 0.1) is 10.1 Å². The highest BCUT2D eigenvalue weighted by Crippen LogP contribution is 2.08. The molecular weight excluding hydrogens is 158 g/mol. The summed E-state index contributed by atoms with van der Waals surface area (Å²) in [6.45, 7) is 1.80. The van der Waals surface area contributed by atoms with E-state index in [1.54, 1.807) is 19.1 Å². The van der Waals surface area contributed by atoms with Crippen LogP contribution in [0.15, 0.2) is 22.8 Å². The Morgan fingerprint density at radius 2 is 2.50 bits per heavy atom. The van der Waals surface area contributed by atoms with Crippen molar-refractivity contribution in [3.8, 4) is 0 Å². The van der Waals surface area contributed by atoms with Gasteiger partial charge in [-0.25, -0.2) is 0 Å². The Morgan fingerprint density at radius 3 is 2.92 bits per heavy atom. The van der Waals surface area contributed by atoms with Crippen molar-refractivity contribution in [2.24, 2.45) is 0 Å². The lowest BCUT2D eigenvalue weighted by molar-refractivity contribution is -0.522. The molecule has 0 aliphatic heterocycles. The predicted octanol–water partition coefficient (Wildman–Crippen LogP) is 1.88. The minimum absolute atomic E-state index is 0.261. The molecule has 0 aliphatic carbocycles. The number of nitrogens with zero attached hydrogens (tertiary/aromatic N) is 1. The van der Waals surface area contributed by atoms with E-state index in [0.717, 1.165) is 0 Å². The molecule has 0 aliphatic rings. The molecule has 1 atom stereocenters. The minimum atomic E-state index is -0.517. The van der Waals surface area contributed by atoms with Crippen molar-refractivity contribution < 1.29 is 9.34 Å². The van der Waals surface area contributed by atoms with Gasteiger partial charge in [-0.05, 0) is 12.1 Å². The summed E-state index contributed by atoms with van der Waals surface area (Å²) >= 11 is 0. The van der Waals surface area contributed by atoms with Gasteiger partial charge in [0.25, 0.3) is 0 Å². The Labute approximate surface area is 70.3 Å². The maximum Gasteiger partial charge on any atom is 0.219 e. The van der Waals surface area contributed by atoms with Gasteiger partial charge >= 0.3 is 0 Å². The molecule has 66 valence electrons. The second-order valence-corrected chi connectivity index (χ2v) is 2.63. The largest absolute Gasteiger partial charge is 0.469 e. The van der Waals surface area contributed by atoms with Crippen LogP contribution in [0.3, 0.4) is 0 Å². The topological polar surface area (TPSA) is 56.3 Å². The van der Waals surface area contributed by atoms with Crippen LogP contribution >= 0.6 is 0 Å². The monoisotopic (exact) mass is 169 g/mol. The summed E-state index contributed by atoms with van der Waals surface area (Å²) in [7, 11) is 0. The molecule has 1 rings (SSSR count). The zero-order valence-corrected chi connectivity index (χ0v) is 6.90. The van der Waals surface area contributed by atoms with E-state index >= 15 is 0 Å². The van der Waals surface area contributed by atoms with Gasteiger partial charge in [0, 0.05) is 11.3 Å². The number of rotatable bonds is 4. The van der Waals surface area contributed by atoms with Gasteiger partial charge in [-0.3, -0.25) is 10.1 Å². The quantitative estimate of drug-likeness (QED) is 0.510. The molecule has 0 bridgehead atoms. The molecule has 0 spiro atoms. The molecule has 1 aromatic rings. The summed E-state index contributed by atoms with van der Waals surface area (Å²) in [5.41, 5.74) is 0. The van der Waals surface area contributed by atoms with Crippen molar-refractivity contribution in [2.75, 3.05) is 0 Å². The van der Waals surface area contributed by atoms with Gasteiger partial charge in [0.05, 0.1) is 12.7 Å². The summed E-state index contributed by atoms with van der Waals surface area (Å²) in [5, 5.41) is 10.4. The van der Waals surface area contributed by atoms with E-state index in [0.29, 0.717) is 18.6 Å². The lowest BCUT2D eigenvalue weighted by atomic mass is 10.1. The SMILES string of the molecule is CCC(Cc1ccco1)[N+](=O)[O-]. The van der Waals surface area contributed by atoms with E-state index in [2.05, 4.69) is 0 Å². The van der Waals surface area contributed by atoms with E-state index in [4.69, 9.17) is 4.42 Å². The number of nitro groups is 1. The van der Waals surface area contributed by atoms with Crippen molar-refractivity contribution in [1.29, 1.82) is 0 Å². The van der Waals surface area contributed by atoms with E-state index in [1.807, 2.05) is 0 Å². The first-order chi connectivity index (χ1) is 5.74. The number of hydrogen-bond acceptors (Lipinski definition) is 3. The molecule has 0 radical (unpaired) electrons. The molecule has 0 saturated carbocycles. The first-order valence-corrected chi connectivity index (χ1v) is 3.90. The highest BCUT2D eigenvalue weighted by atomic mass is 16.6. The average Bonchev–Trinajstić information content (AvgIpc) is 2.51. The fraction of sp³-hybridized carbons (Fsp3) is 0.500. The second kappa shape index (κ2) is 3.90. The fourth-order valence-electron chi connectivity index (χ4n) is 1.03. The van der Waals surface area contributed by atoms with Gasteiger partial charge in [-0.1, -0.05) is 6.92 Å². The van der Waals surface area contributed by atoms with Crippen molar-refractivity contribution >= 4 is 0 Å². The molecule has 1 unspecified atom stereocenters. The van der Waals surface area contributed by atoms with Gasteiger partial charge in [-0.15, -0.1) is 0 Å². The standard InChI is InChI=1S/C8H11NO3/c1-2-7(9(10)11)6-8-4-3-5-12-8/h3-5,7H,2,6H2,1H3. The van der Waals surface area contributed by atoms with Crippen LogP contribution in [0.25, 0.3) is 0 Å². The predicted molar refractivity (Wildman–Crippen MR) is 43.5 cm³/mol. The molecule has 0 fully saturated rings. The smallest absolute Gasteiger partial charge is 0.219 e. The van der Waals surface area contributed by atoms with Crippen LogP contribution in [0.5, 0.6) is 0 Å². The zero-order chi connectivity index (χ0) is 8.97. The zero-order valence-electron chi connectivity index (χ0n) is 6.90. The maximum atomic E-state index is 10.4. The van der Waals surface area contributed by atoms with Crippen LogP contribution in [-0.4, -0.2) is 11.0 Å². The molecule has 0 saturated heterocycles. The van der Waals surface area contributed by atoms with E-state index in [9.17, 15) is 10.1 Å². The van der Waals surface area contributed by atoms with E-state index in [-0.39, 0.29) is 4.92 Å². The third kappa shape index (κ3) is 2.08. The summed E-state index contributed by atoms with van der Waals surface area (Å²) in [4.78, 5) is 10.2. The van der Waals surface area contributed by atoms with Crippen LogP contribution in [0.4, 0.5) is 0 Å². The van der Waals surface area contributed by atoms with Crippen LogP contribution in [0.2, 0.25) is 0 Å². The fourth-order valence-corrected chi connectivity index (χ4v) is 1.03. The Bertz CT molecular complexity index is 243.